The first-order chi connectivity index (χ1) is 9.95. The first-order valence-corrected chi connectivity index (χ1v) is 8.34. The number of aliphatic carboxylic acids is 1. The van der Waals surface area contributed by atoms with Crippen molar-refractivity contribution in [2.24, 2.45) is 0 Å². The minimum atomic E-state index is -0.975. The molecule has 1 heterocycles. The van der Waals surface area contributed by atoms with Gasteiger partial charge in [0.1, 0.15) is 6.04 Å². The van der Waals surface area contributed by atoms with E-state index in [2.05, 4.69) is 0 Å². The van der Waals surface area contributed by atoms with E-state index in [9.17, 15) is 14.7 Å². The second-order valence-corrected chi connectivity index (χ2v) is 6.75. The van der Waals surface area contributed by atoms with E-state index in [1.54, 1.807) is 18.2 Å². The quantitative estimate of drug-likeness (QED) is 0.907. The third-order valence-electron chi connectivity index (χ3n) is 3.40. The van der Waals surface area contributed by atoms with Gasteiger partial charge in [0.05, 0.1) is 11.8 Å². The fourth-order valence-corrected chi connectivity index (χ4v) is 4.25. The molecule has 1 aliphatic rings. The zero-order valence-corrected chi connectivity index (χ0v) is 13.7. The fourth-order valence-electron chi connectivity index (χ4n) is 2.35. The Morgan fingerprint density at radius 2 is 2.00 bits per heavy atom. The Morgan fingerprint density at radius 1 is 1.38 bits per heavy atom. The lowest BCUT2D eigenvalue weighted by atomic mass is 10.1. The van der Waals surface area contributed by atoms with Crippen molar-refractivity contribution in [3.05, 3.63) is 33.8 Å². The molecular weight excluding hydrogens is 333 g/mol. The molecule has 1 N–H and O–H groups in total. The maximum absolute atomic E-state index is 12.5. The topological polar surface area (TPSA) is 57.6 Å². The van der Waals surface area contributed by atoms with Gasteiger partial charge in [0, 0.05) is 15.8 Å². The van der Waals surface area contributed by atoms with E-state index in [1.807, 2.05) is 6.92 Å². The van der Waals surface area contributed by atoms with Gasteiger partial charge in [-0.3, -0.25) is 4.79 Å². The van der Waals surface area contributed by atoms with Gasteiger partial charge in [-0.05, 0) is 24.1 Å². The molecule has 0 aromatic heterocycles. The second kappa shape index (κ2) is 6.90. The number of amides is 1. The molecule has 0 radical (unpaired) electrons. The average molecular weight is 348 g/mol. The first-order valence-electron chi connectivity index (χ1n) is 6.54. The van der Waals surface area contributed by atoms with E-state index in [-0.39, 0.29) is 17.7 Å². The summed E-state index contributed by atoms with van der Waals surface area (Å²) in [5.74, 6) is -0.818. The van der Waals surface area contributed by atoms with Crippen LogP contribution in [0.2, 0.25) is 10.0 Å². The molecule has 114 valence electrons. The number of thioether (sulfide) groups is 1. The van der Waals surface area contributed by atoms with Crippen LogP contribution in [-0.2, 0) is 16.0 Å². The van der Waals surface area contributed by atoms with Gasteiger partial charge in [-0.15, -0.1) is 11.8 Å². The molecule has 1 amide bonds. The molecular formula is C14H15Cl2NO3S. The van der Waals surface area contributed by atoms with E-state index < -0.39 is 12.0 Å². The van der Waals surface area contributed by atoms with Crippen LogP contribution >= 0.6 is 35.0 Å². The molecule has 1 aromatic rings. The highest BCUT2D eigenvalue weighted by atomic mass is 35.5. The number of hydrogen-bond acceptors (Lipinski definition) is 3. The van der Waals surface area contributed by atoms with E-state index in [4.69, 9.17) is 23.2 Å². The maximum Gasteiger partial charge on any atom is 0.327 e. The summed E-state index contributed by atoms with van der Waals surface area (Å²) in [5.41, 5.74) is 0.543. The fraction of sp³-hybridized carbons (Fsp3) is 0.429. The third kappa shape index (κ3) is 3.47. The van der Waals surface area contributed by atoms with Crippen LogP contribution in [0.5, 0.6) is 0 Å². The van der Waals surface area contributed by atoms with Crippen molar-refractivity contribution in [1.82, 2.24) is 4.90 Å². The van der Waals surface area contributed by atoms with Crippen LogP contribution in [0.15, 0.2) is 18.2 Å². The zero-order valence-electron chi connectivity index (χ0n) is 11.4. The smallest absolute Gasteiger partial charge is 0.327 e. The lowest BCUT2D eigenvalue weighted by molar-refractivity contribution is -0.148. The summed E-state index contributed by atoms with van der Waals surface area (Å²) < 4.78 is 0. The minimum Gasteiger partial charge on any atom is -0.480 e. The molecule has 21 heavy (non-hydrogen) atoms. The Bertz CT molecular complexity index is 547. The monoisotopic (exact) mass is 347 g/mol. The van der Waals surface area contributed by atoms with Crippen LogP contribution in [0.1, 0.15) is 18.9 Å². The van der Waals surface area contributed by atoms with E-state index in [1.165, 1.54) is 16.7 Å². The highest BCUT2D eigenvalue weighted by Crippen LogP contribution is 2.33. The summed E-state index contributed by atoms with van der Waals surface area (Å²) in [6.07, 6.45) is 0.718. The Labute approximate surface area is 137 Å². The largest absolute Gasteiger partial charge is 0.480 e. The molecule has 1 fully saturated rings. The van der Waals surface area contributed by atoms with Crippen LogP contribution in [0, 0.1) is 0 Å². The standard InChI is InChI=1S/C14H15Cl2NO3S/c1-2-13-17(11(7-21-13)14(19)20)12(18)6-8-9(15)4-3-5-10(8)16/h3-5,11,13H,2,6-7H2,1H3,(H,19,20). The minimum absolute atomic E-state index is 0.0132. The molecule has 0 saturated carbocycles. The summed E-state index contributed by atoms with van der Waals surface area (Å²) >= 11 is 13.6. The number of benzene rings is 1. The number of halogens is 2. The molecule has 0 spiro atoms. The molecule has 4 nitrogen and oxygen atoms in total. The van der Waals surface area contributed by atoms with E-state index >= 15 is 0 Å². The lowest BCUT2D eigenvalue weighted by Gasteiger charge is -2.27. The average Bonchev–Trinajstić information content (AvgIpc) is 2.87. The maximum atomic E-state index is 12.5. The van der Waals surface area contributed by atoms with Gasteiger partial charge < -0.3 is 10.0 Å². The summed E-state index contributed by atoms with van der Waals surface area (Å²) in [4.78, 5) is 25.3. The predicted molar refractivity (Wildman–Crippen MR) is 85.0 cm³/mol. The summed E-state index contributed by atoms with van der Waals surface area (Å²) in [7, 11) is 0. The van der Waals surface area contributed by atoms with Crippen LogP contribution in [0.25, 0.3) is 0 Å². The van der Waals surface area contributed by atoms with Gasteiger partial charge >= 0.3 is 5.97 Å². The normalized spacial score (nSPS) is 21.6. The molecule has 1 aliphatic heterocycles. The van der Waals surface area contributed by atoms with Crippen molar-refractivity contribution in [2.75, 3.05) is 5.75 Å². The van der Waals surface area contributed by atoms with Crippen molar-refractivity contribution in [2.45, 2.75) is 31.2 Å². The molecule has 2 atom stereocenters. The molecule has 0 aliphatic carbocycles. The Balaban J connectivity index is 2.23. The summed E-state index contributed by atoms with van der Waals surface area (Å²) in [6, 6.07) is 4.26. The van der Waals surface area contributed by atoms with Crippen LogP contribution in [0.4, 0.5) is 0 Å². The Kier molecular flexibility index (Phi) is 5.41. The third-order valence-corrected chi connectivity index (χ3v) is 5.57. The van der Waals surface area contributed by atoms with Crippen molar-refractivity contribution in [3.63, 3.8) is 0 Å². The van der Waals surface area contributed by atoms with Gasteiger partial charge in [0.2, 0.25) is 5.91 Å². The van der Waals surface area contributed by atoms with Crippen LogP contribution in [-0.4, -0.2) is 39.1 Å². The van der Waals surface area contributed by atoms with Crippen LogP contribution < -0.4 is 0 Å². The number of carbonyl (C=O) groups excluding carboxylic acids is 1. The Hall–Kier alpha value is -0.910. The van der Waals surface area contributed by atoms with Crippen LogP contribution in [0.3, 0.4) is 0 Å². The Morgan fingerprint density at radius 3 is 2.52 bits per heavy atom. The molecule has 2 rings (SSSR count). The number of carboxylic acid groups (broad SMARTS) is 1. The summed E-state index contributed by atoms with van der Waals surface area (Å²) in [6.45, 7) is 1.94. The van der Waals surface area contributed by atoms with Gasteiger partial charge in [0.25, 0.3) is 0 Å². The molecule has 0 bridgehead atoms. The van der Waals surface area contributed by atoms with Crippen molar-refractivity contribution in [1.29, 1.82) is 0 Å². The van der Waals surface area contributed by atoms with E-state index in [0.29, 0.717) is 27.8 Å². The first kappa shape index (κ1) is 16.5. The number of nitrogens with zero attached hydrogens (tertiary/aromatic N) is 1. The van der Waals surface area contributed by atoms with Gasteiger partial charge in [0.15, 0.2) is 0 Å². The van der Waals surface area contributed by atoms with E-state index in [0.717, 1.165) is 0 Å². The molecule has 1 aromatic carbocycles. The second-order valence-electron chi connectivity index (χ2n) is 4.73. The van der Waals surface area contributed by atoms with Crippen molar-refractivity contribution >= 4 is 46.8 Å². The highest BCUT2D eigenvalue weighted by molar-refractivity contribution is 8.00. The van der Waals surface area contributed by atoms with Gasteiger partial charge in [-0.2, -0.15) is 0 Å². The number of rotatable bonds is 4. The number of carbonyl (C=O) groups is 2. The summed E-state index contributed by atoms with van der Waals surface area (Å²) in [5, 5.41) is 9.99. The van der Waals surface area contributed by atoms with Crippen molar-refractivity contribution in [3.8, 4) is 0 Å². The van der Waals surface area contributed by atoms with Gasteiger partial charge in [-0.25, -0.2) is 4.79 Å². The van der Waals surface area contributed by atoms with Crippen molar-refractivity contribution < 1.29 is 14.7 Å². The molecule has 1 saturated heterocycles. The zero-order chi connectivity index (χ0) is 15.6. The van der Waals surface area contributed by atoms with Gasteiger partial charge in [-0.1, -0.05) is 36.2 Å². The lowest BCUT2D eigenvalue weighted by Crippen LogP contribution is -2.46. The molecule has 2 unspecified atom stereocenters. The number of carboxylic acids is 1. The number of hydrogen-bond donors (Lipinski definition) is 1. The SMILES string of the molecule is CCC1SCC(C(=O)O)N1C(=O)Cc1c(Cl)cccc1Cl. The molecule has 7 heteroatoms. The predicted octanol–water partition coefficient (Wildman–Crippen LogP) is 3.30. The highest BCUT2D eigenvalue weighted by Gasteiger charge is 2.40.